The van der Waals surface area contributed by atoms with Crippen LogP contribution in [0.2, 0.25) is 0 Å². The minimum atomic E-state index is -2.00. The quantitative estimate of drug-likeness (QED) is 0.0776. The second kappa shape index (κ2) is 21.4. The molecule has 5 aliphatic rings. The second-order valence-electron chi connectivity index (χ2n) is 15.7. The van der Waals surface area contributed by atoms with Crippen LogP contribution in [-0.4, -0.2) is 276 Å². The number of hydrogen-bond acceptors (Lipinski definition) is 28. The summed E-state index contributed by atoms with van der Waals surface area (Å²) in [7, 11) is 0. The molecule has 0 spiro atoms. The molecule has 0 saturated carbocycles. The number of aliphatic hydroxyl groups is 17. The summed E-state index contributed by atoms with van der Waals surface area (Å²) in [5.41, 5.74) is -0.198. The molecule has 0 aromatic carbocycles. The van der Waals surface area contributed by atoms with Crippen molar-refractivity contribution in [3.05, 3.63) is 11.4 Å². The Morgan fingerprint density at radius 1 is 0.476 bits per heavy atom. The van der Waals surface area contributed by atoms with Crippen LogP contribution in [0.25, 0.3) is 0 Å². The van der Waals surface area contributed by atoms with Crippen molar-refractivity contribution in [2.75, 3.05) is 26.4 Å². The maximum absolute atomic E-state index is 11.3. The first-order valence-corrected chi connectivity index (χ1v) is 19.9. The zero-order chi connectivity index (χ0) is 46.2. The molecule has 0 radical (unpaired) electrons. The van der Waals surface area contributed by atoms with Crippen molar-refractivity contribution in [2.24, 2.45) is 0 Å². The van der Waals surface area contributed by atoms with Crippen molar-refractivity contribution in [1.82, 2.24) is 15.0 Å². The van der Waals surface area contributed by atoms with Gasteiger partial charge in [-0.15, -0.1) is 5.10 Å². The third-order valence-corrected chi connectivity index (χ3v) is 11.7. The maximum Gasteiger partial charge on any atom is 0.187 e. The largest absolute Gasteiger partial charge is 0.394 e. The molecular formula is C34H57N3O26. The third kappa shape index (κ3) is 10.0. The number of aliphatic hydroxyl groups excluding tert-OH is 17. The molecule has 25 atom stereocenters. The molecule has 63 heavy (non-hydrogen) atoms. The molecule has 0 amide bonds. The molecule has 5 fully saturated rings. The molecule has 6 heterocycles. The number of rotatable bonds is 15. The van der Waals surface area contributed by atoms with E-state index in [0.717, 1.165) is 4.68 Å². The number of aromatic nitrogens is 3. The molecule has 0 bridgehead atoms. The van der Waals surface area contributed by atoms with Crippen molar-refractivity contribution in [1.29, 1.82) is 0 Å². The van der Waals surface area contributed by atoms with Gasteiger partial charge in [-0.05, 0) is 6.92 Å². The predicted octanol–water partition coefficient (Wildman–Crippen LogP) is -11.4. The highest BCUT2D eigenvalue weighted by molar-refractivity contribution is 5.11. The fraction of sp³-hybridized carbons (Fsp3) is 0.941. The molecule has 1 unspecified atom stereocenters. The smallest absolute Gasteiger partial charge is 0.187 e. The van der Waals surface area contributed by atoms with Gasteiger partial charge in [-0.1, -0.05) is 5.21 Å². The SMILES string of the molecule is C[C@H]1O[C@H](O[C@H]2[C@H](O)[C@@H](O)[C@@H](O[C@H]3[C@H](O)[C@@H](O)C(O)O[C@@H]3CO)O[C@@H]2CO)[C@H](O)[C@@H](O)[C@@H]1n1nnc(CO[C@H]2O[C@H](CO)[C@@H](O[C@H]3O[C@H](CO)[C@@H](O)[C@H](O)[C@H]3O)[C@H](O)[C@H]2O)c1CO. The lowest BCUT2D eigenvalue weighted by molar-refractivity contribution is -0.374. The first-order chi connectivity index (χ1) is 29.9. The van der Waals surface area contributed by atoms with Crippen LogP contribution in [0.3, 0.4) is 0 Å². The van der Waals surface area contributed by atoms with Crippen molar-refractivity contribution in [3.63, 3.8) is 0 Å². The minimum Gasteiger partial charge on any atom is -0.394 e. The Labute approximate surface area is 355 Å². The summed E-state index contributed by atoms with van der Waals surface area (Å²) in [6, 6.07) is -1.30. The van der Waals surface area contributed by atoms with E-state index in [1.807, 2.05) is 0 Å². The Bertz CT molecular complexity index is 1580. The van der Waals surface area contributed by atoms with E-state index < -0.39 is 193 Å². The average molecular weight is 924 g/mol. The Hall–Kier alpha value is -1.90. The van der Waals surface area contributed by atoms with Crippen molar-refractivity contribution in [3.8, 4) is 0 Å². The van der Waals surface area contributed by atoms with Crippen LogP contribution in [0.5, 0.6) is 0 Å². The highest BCUT2D eigenvalue weighted by Crippen LogP contribution is 2.36. The van der Waals surface area contributed by atoms with Gasteiger partial charge in [0.1, 0.15) is 122 Å². The standard InChI is InChI=1S/C34H57N3O26/c1-8-15(17(44)23(50)32(56-8)61-29-14(6-42)60-34(26(53)21(29)48)62-27-12(4-40)57-30(54)22(49)19(27)46)37-10(2-38)9(35-36-37)7-55-31-25(52)20(47)28(13(5-41)59-31)63-33-24(51)18(45)16(43)11(3-39)58-33/h8,11-34,38-54H,2-7H2,1H3/t8-,11-,12-,13-,14-,15-,16-,17+,18+,19-,20-,21-,22-,23-,24-,25-,26-,27-,28-,29-,30?,31+,32-,33-,34-/m1/s1. The summed E-state index contributed by atoms with van der Waals surface area (Å²) in [4.78, 5) is 0. The zero-order valence-corrected chi connectivity index (χ0v) is 33.3. The van der Waals surface area contributed by atoms with Crippen molar-refractivity contribution < 1.29 is 129 Å². The van der Waals surface area contributed by atoms with E-state index in [4.69, 9.17) is 42.6 Å². The van der Waals surface area contributed by atoms with E-state index in [9.17, 15) is 86.8 Å². The van der Waals surface area contributed by atoms with Gasteiger partial charge in [-0.25, -0.2) is 4.68 Å². The maximum atomic E-state index is 11.3. The van der Waals surface area contributed by atoms with Gasteiger partial charge in [-0.3, -0.25) is 0 Å². The highest BCUT2D eigenvalue weighted by Gasteiger charge is 2.55. The summed E-state index contributed by atoms with van der Waals surface area (Å²) < 4.78 is 50.8. The lowest BCUT2D eigenvalue weighted by Gasteiger charge is -2.48. The predicted molar refractivity (Wildman–Crippen MR) is 190 cm³/mol. The van der Waals surface area contributed by atoms with Gasteiger partial charge in [-0.2, -0.15) is 0 Å². The lowest BCUT2D eigenvalue weighted by Crippen LogP contribution is -2.66. The molecule has 5 saturated heterocycles. The third-order valence-electron chi connectivity index (χ3n) is 11.7. The van der Waals surface area contributed by atoms with Gasteiger partial charge in [0, 0.05) is 0 Å². The highest BCUT2D eigenvalue weighted by atomic mass is 16.8. The van der Waals surface area contributed by atoms with E-state index in [1.165, 1.54) is 6.92 Å². The number of nitrogens with zero attached hydrogens (tertiary/aromatic N) is 3. The van der Waals surface area contributed by atoms with E-state index in [2.05, 4.69) is 10.3 Å². The number of hydrogen-bond donors (Lipinski definition) is 17. The summed E-state index contributed by atoms with van der Waals surface area (Å²) in [5, 5.41) is 185. The van der Waals surface area contributed by atoms with Crippen LogP contribution in [0.15, 0.2) is 0 Å². The normalized spacial score (nSPS) is 48.6. The van der Waals surface area contributed by atoms with Crippen molar-refractivity contribution >= 4 is 0 Å². The second-order valence-corrected chi connectivity index (χ2v) is 15.7. The van der Waals surface area contributed by atoms with Gasteiger partial charge < -0.3 is 129 Å². The minimum absolute atomic E-state index is 0.0981. The lowest BCUT2D eigenvalue weighted by atomic mass is 9.95. The Balaban J connectivity index is 1.08. The van der Waals surface area contributed by atoms with Gasteiger partial charge in [0.25, 0.3) is 0 Å². The average Bonchev–Trinajstić information content (AvgIpc) is 3.68. The van der Waals surface area contributed by atoms with Gasteiger partial charge in [0.05, 0.1) is 51.4 Å². The van der Waals surface area contributed by atoms with E-state index in [1.54, 1.807) is 0 Å². The molecular weight excluding hydrogens is 866 g/mol. The summed E-state index contributed by atoms with van der Waals surface area (Å²) in [6.45, 7) is -3.30. The zero-order valence-electron chi connectivity index (χ0n) is 33.3. The first kappa shape index (κ1) is 50.5. The van der Waals surface area contributed by atoms with Gasteiger partial charge >= 0.3 is 0 Å². The van der Waals surface area contributed by atoms with Crippen LogP contribution in [0.4, 0.5) is 0 Å². The fourth-order valence-electron chi connectivity index (χ4n) is 8.06. The summed E-state index contributed by atoms with van der Waals surface area (Å²) in [6.07, 6.45) is -41.5. The van der Waals surface area contributed by atoms with Gasteiger partial charge in [0.15, 0.2) is 31.5 Å². The van der Waals surface area contributed by atoms with Crippen LogP contribution in [0, 0.1) is 0 Å². The Kier molecular flexibility index (Phi) is 17.1. The Morgan fingerprint density at radius 2 is 0.905 bits per heavy atom. The van der Waals surface area contributed by atoms with E-state index in [-0.39, 0.29) is 11.4 Å². The van der Waals surface area contributed by atoms with E-state index in [0.29, 0.717) is 0 Å². The van der Waals surface area contributed by atoms with Crippen molar-refractivity contribution in [2.45, 2.75) is 174 Å². The number of ether oxygens (including phenoxy) is 9. The molecule has 1 aromatic rings. The molecule has 0 aliphatic carbocycles. The topological polar surface area (TPSA) is 458 Å². The van der Waals surface area contributed by atoms with Crippen LogP contribution in [0.1, 0.15) is 24.4 Å². The molecule has 6 rings (SSSR count). The molecule has 17 N–H and O–H groups in total. The molecule has 29 heteroatoms. The molecule has 29 nitrogen and oxygen atoms in total. The Morgan fingerprint density at radius 3 is 1.43 bits per heavy atom. The summed E-state index contributed by atoms with van der Waals surface area (Å²) in [5.74, 6) is 0. The molecule has 5 aliphatic heterocycles. The van der Waals surface area contributed by atoms with E-state index >= 15 is 0 Å². The molecule has 1 aromatic heterocycles. The molecule has 364 valence electrons. The van der Waals surface area contributed by atoms with Gasteiger partial charge in [0.2, 0.25) is 0 Å². The van der Waals surface area contributed by atoms with Crippen LogP contribution >= 0.6 is 0 Å². The monoisotopic (exact) mass is 923 g/mol. The summed E-state index contributed by atoms with van der Waals surface area (Å²) >= 11 is 0. The van der Waals surface area contributed by atoms with Crippen LogP contribution in [-0.2, 0) is 55.8 Å². The first-order valence-electron chi connectivity index (χ1n) is 19.9. The fourth-order valence-corrected chi connectivity index (χ4v) is 8.06. The van der Waals surface area contributed by atoms with Crippen LogP contribution < -0.4 is 0 Å².